The lowest BCUT2D eigenvalue weighted by molar-refractivity contribution is -0.111. The zero-order valence-electron chi connectivity index (χ0n) is 35.4. The van der Waals surface area contributed by atoms with Gasteiger partial charge in [-0.2, -0.15) is 9.97 Å². The van der Waals surface area contributed by atoms with Crippen LogP contribution in [0.4, 0.5) is 52.0 Å². The molecule has 0 aliphatic rings. The lowest BCUT2D eigenvalue weighted by atomic mass is 10.1. The third kappa shape index (κ3) is 12.5. The van der Waals surface area contributed by atoms with Gasteiger partial charge in [0.1, 0.15) is 22.9 Å². The molecule has 64 heavy (non-hydrogen) atoms. The van der Waals surface area contributed by atoms with E-state index < -0.39 is 0 Å². The number of nitrogens with zero attached hydrogens (tertiary/aromatic N) is 4. The van der Waals surface area contributed by atoms with Gasteiger partial charge in [0.05, 0.1) is 7.11 Å². The molecule has 0 saturated carbocycles. The van der Waals surface area contributed by atoms with Crippen molar-refractivity contribution in [3.63, 3.8) is 0 Å². The molecule has 0 atom stereocenters. The Morgan fingerprint density at radius 1 is 0.625 bits per heavy atom. The highest BCUT2D eigenvalue weighted by Gasteiger charge is 2.17. The summed E-state index contributed by atoms with van der Waals surface area (Å²) in [7, 11) is 1.60. The molecule has 2 amide bonds. The maximum atomic E-state index is 13.5. The molecule has 0 aliphatic carbocycles. The van der Waals surface area contributed by atoms with Crippen molar-refractivity contribution in [3.05, 3.63) is 192 Å². The molecular weight excluding hydrogens is 805 g/mol. The van der Waals surface area contributed by atoms with Gasteiger partial charge in [0, 0.05) is 58.5 Å². The number of ether oxygens (including phenoxy) is 1. The minimum Gasteiger partial charge on any atom is -0.497 e. The Kier molecular flexibility index (Phi) is 14.4. The van der Waals surface area contributed by atoms with Crippen LogP contribution in [0.3, 0.4) is 0 Å². The summed E-state index contributed by atoms with van der Waals surface area (Å²) in [6.07, 6.45) is 8.23. The lowest BCUT2D eigenvalue weighted by Gasteiger charge is -2.14. The smallest absolute Gasteiger partial charge is 0.256 e. The van der Waals surface area contributed by atoms with Gasteiger partial charge < -0.3 is 36.6 Å². The van der Waals surface area contributed by atoms with Crippen LogP contribution in [-0.2, 0) is 17.8 Å². The predicted octanol–water partition coefficient (Wildman–Crippen LogP) is 10.1. The first-order valence-corrected chi connectivity index (χ1v) is 20.4. The van der Waals surface area contributed by atoms with Crippen molar-refractivity contribution >= 4 is 69.6 Å². The van der Waals surface area contributed by atoms with Crippen LogP contribution in [0, 0.1) is 0 Å². The molecule has 0 aliphatic heterocycles. The van der Waals surface area contributed by atoms with Gasteiger partial charge in [-0.25, -0.2) is 9.97 Å². The normalized spacial score (nSPS) is 10.7. The summed E-state index contributed by atoms with van der Waals surface area (Å²) in [5, 5.41) is 18.8. The van der Waals surface area contributed by atoms with Crippen molar-refractivity contribution in [1.29, 1.82) is 0 Å². The zero-order valence-corrected chi connectivity index (χ0v) is 35.4. The van der Waals surface area contributed by atoms with Crippen molar-refractivity contribution in [1.82, 2.24) is 25.3 Å². The molecule has 5 aromatic carbocycles. The number of hydrogen-bond donors (Lipinski definition) is 6. The molecule has 0 bridgehead atoms. The van der Waals surface area contributed by atoms with E-state index in [1.54, 1.807) is 61.9 Å². The fourth-order valence-electron chi connectivity index (χ4n) is 6.27. The number of benzene rings is 5. The van der Waals surface area contributed by atoms with Crippen LogP contribution in [0.15, 0.2) is 170 Å². The van der Waals surface area contributed by atoms with Gasteiger partial charge in [0.2, 0.25) is 17.8 Å². The van der Waals surface area contributed by atoms with E-state index in [2.05, 4.69) is 46.9 Å². The number of ketones is 1. The van der Waals surface area contributed by atoms with Crippen LogP contribution in [0.2, 0.25) is 0 Å². The van der Waals surface area contributed by atoms with Gasteiger partial charge in [-0.1, -0.05) is 78.4 Å². The Labute approximate surface area is 371 Å². The summed E-state index contributed by atoms with van der Waals surface area (Å²) >= 11 is 0. The summed E-state index contributed by atoms with van der Waals surface area (Å²) in [4.78, 5) is 58.0. The fraction of sp³-hybridized carbons (Fsp3) is 0.100. The average molecular weight is 851 g/mol. The molecule has 6 N–H and O–H groups in total. The fourth-order valence-corrected chi connectivity index (χ4v) is 6.27. The number of carbonyl (C=O) groups is 3. The topological polar surface area (TPSA) is 184 Å². The second-order valence-electron chi connectivity index (χ2n) is 14.6. The number of carbonyl (C=O) groups excluding carboxylic acids is 3. The summed E-state index contributed by atoms with van der Waals surface area (Å²) in [5.74, 6) is 1.29. The van der Waals surface area contributed by atoms with E-state index in [1.165, 1.54) is 12.3 Å². The van der Waals surface area contributed by atoms with E-state index in [-0.39, 0.29) is 41.5 Å². The minimum absolute atomic E-state index is 0.0959. The van der Waals surface area contributed by atoms with Gasteiger partial charge in [0.15, 0.2) is 5.78 Å². The molecule has 2 aromatic heterocycles. The Morgan fingerprint density at radius 3 is 1.89 bits per heavy atom. The number of rotatable bonds is 18. The maximum Gasteiger partial charge on any atom is 0.256 e. The number of aromatic nitrogens is 4. The van der Waals surface area contributed by atoms with Crippen molar-refractivity contribution in [2.45, 2.75) is 26.8 Å². The molecule has 0 radical (unpaired) electrons. The van der Waals surface area contributed by atoms with Crippen molar-refractivity contribution in [2.75, 3.05) is 33.7 Å². The number of para-hydroxylation sites is 2. The van der Waals surface area contributed by atoms with Gasteiger partial charge in [-0.05, 0) is 105 Å². The average Bonchev–Trinajstić information content (AvgIpc) is 3.30. The van der Waals surface area contributed by atoms with E-state index in [0.29, 0.717) is 46.4 Å². The summed E-state index contributed by atoms with van der Waals surface area (Å²) in [5.41, 5.74) is 6.60. The van der Waals surface area contributed by atoms with Gasteiger partial charge >= 0.3 is 0 Å². The molecular formula is C50H46N10O4. The third-order valence-corrected chi connectivity index (χ3v) is 9.40. The van der Waals surface area contributed by atoms with E-state index in [9.17, 15) is 14.4 Å². The molecule has 320 valence electrons. The zero-order chi connectivity index (χ0) is 44.7. The lowest BCUT2D eigenvalue weighted by Crippen LogP contribution is -2.24. The first kappa shape index (κ1) is 43.4. The van der Waals surface area contributed by atoms with E-state index in [0.717, 1.165) is 28.3 Å². The van der Waals surface area contributed by atoms with Crippen LogP contribution in [0.1, 0.15) is 45.7 Å². The first-order chi connectivity index (χ1) is 31.2. The van der Waals surface area contributed by atoms with Gasteiger partial charge in [0.25, 0.3) is 5.91 Å². The number of allylic oxidation sites excluding steroid dienone is 3. The molecule has 2 heterocycles. The van der Waals surface area contributed by atoms with Crippen LogP contribution >= 0.6 is 0 Å². The number of hydrogen-bond acceptors (Lipinski definition) is 12. The van der Waals surface area contributed by atoms with Gasteiger partial charge in [-0.3, -0.25) is 14.4 Å². The van der Waals surface area contributed by atoms with Crippen molar-refractivity contribution in [2.24, 2.45) is 0 Å². The first-order valence-electron chi connectivity index (χ1n) is 20.4. The molecule has 0 fully saturated rings. The number of amides is 2. The summed E-state index contributed by atoms with van der Waals surface area (Å²) in [6, 6.07) is 40.7. The Hall–Kier alpha value is -8.65. The second kappa shape index (κ2) is 21.2. The molecule has 0 saturated heterocycles. The highest BCUT2D eigenvalue weighted by atomic mass is 16.5. The van der Waals surface area contributed by atoms with Gasteiger partial charge in [-0.15, -0.1) is 0 Å². The van der Waals surface area contributed by atoms with Crippen LogP contribution in [0.25, 0.3) is 0 Å². The Morgan fingerprint density at radius 2 is 1.22 bits per heavy atom. The Bertz CT molecular complexity index is 2790. The van der Waals surface area contributed by atoms with Crippen LogP contribution in [0.5, 0.6) is 5.75 Å². The number of methoxy groups -OCH3 is 1. The van der Waals surface area contributed by atoms with Crippen LogP contribution in [-0.4, -0.2) is 44.6 Å². The molecule has 0 spiro atoms. The predicted molar refractivity (Wildman–Crippen MR) is 252 cm³/mol. The van der Waals surface area contributed by atoms with E-state index >= 15 is 0 Å². The number of anilines is 9. The second-order valence-corrected chi connectivity index (χ2v) is 14.6. The monoisotopic (exact) mass is 850 g/mol. The standard InChI is InChI=1S/C50H46N10O4/c1-33(2)27-44(61)35-13-10-19-39(28-35)55-46-36(31-52-49(59-46)57-37-15-6-4-7-16-37)14-11-22-45(62)54-40-20-12-21-41(29-40)56-47-43(32-53-50(60-47)58-38-17-8-5-9-18-38)48(63)51-30-34-23-25-42(64-3)26-24-34/h4-13,15-29,31-32H,14,30H2,1-3H3,(H,51,63)(H,54,62)(H2,52,55,57,59)(H2,53,56,58,60). The molecule has 7 rings (SSSR count). The molecule has 0 unspecified atom stereocenters. The van der Waals surface area contributed by atoms with Crippen LogP contribution < -0.4 is 36.6 Å². The molecule has 14 nitrogen and oxygen atoms in total. The highest BCUT2D eigenvalue weighted by molar-refractivity contribution is 6.05. The number of nitrogens with one attached hydrogen (secondary N) is 6. The minimum atomic E-state index is -0.381. The molecule has 14 heteroatoms. The molecule has 7 aromatic rings. The Balaban J connectivity index is 1.05. The summed E-state index contributed by atoms with van der Waals surface area (Å²) < 4.78 is 5.25. The van der Waals surface area contributed by atoms with E-state index in [1.807, 2.05) is 111 Å². The quantitative estimate of drug-likeness (QED) is 0.0355. The third-order valence-electron chi connectivity index (χ3n) is 9.40. The largest absolute Gasteiger partial charge is 0.497 e. The SMILES string of the molecule is COc1ccc(CNC(=O)c2cnc(Nc3ccccc3)nc2Nc2cccc(NC(=O)C=CCc3cnc(Nc4ccccc4)nc3Nc3cccc(C(=O)C=C(C)C)c3)c2)cc1. The van der Waals surface area contributed by atoms with E-state index in [4.69, 9.17) is 9.72 Å². The van der Waals surface area contributed by atoms with Crippen molar-refractivity contribution < 1.29 is 19.1 Å². The highest BCUT2D eigenvalue weighted by Crippen LogP contribution is 2.26. The maximum absolute atomic E-state index is 13.5. The summed E-state index contributed by atoms with van der Waals surface area (Å²) in [6.45, 7) is 4.03. The van der Waals surface area contributed by atoms with Crippen molar-refractivity contribution in [3.8, 4) is 5.75 Å².